The highest BCUT2D eigenvalue weighted by Crippen LogP contribution is 2.19. The Morgan fingerprint density at radius 3 is 2.70 bits per heavy atom. The van der Waals surface area contributed by atoms with Crippen LogP contribution in [0.2, 0.25) is 0 Å². The van der Waals surface area contributed by atoms with Gasteiger partial charge in [-0.2, -0.15) is 17.0 Å². The average Bonchev–Trinajstić information content (AvgIpc) is 2.79. The maximum Gasteiger partial charge on any atom is 0.321 e. The van der Waals surface area contributed by atoms with E-state index < -0.39 is 0 Å². The van der Waals surface area contributed by atoms with E-state index in [9.17, 15) is 9.59 Å². The number of nitriles is 1. The van der Waals surface area contributed by atoms with Gasteiger partial charge in [-0.1, -0.05) is 36.4 Å². The minimum atomic E-state index is -0.176. The summed E-state index contributed by atoms with van der Waals surface area (Å²) in [7, 11) is 0. The number of hydrogen-bond acceptors (Lipinski definition) is 4. The summed E-state index contributed by atoms with van der Waals surface area (Å²) in [6.07, 6.45) is 1.61. The Morgan fingerprint density at radius 2 is 1.90 bits per heavy atom. The summed E-state index contributed by atoms with van der Waals surface area (Å²) in [6.45, 7) is 1.68. The quantitative estimate of drug-likeness (QED) is 0.664. The molecule has 3 rings (SSSR count). The van der Waals surface area contributed by atoms with Crippen LogP contribution < -0.4 is 10.6 Å². The predicted molar refractivity (Wildman–Crippen MR) is 120 cm³/mol. The van der Waals surface area contributed by atoms with Gasteiger partial charge < -0.3 is 15.5 Å². The molecule has 6 nitrogen and oxygen atoms in total. The molecule has 0 bridgehead atoms. The van der Waals surface area contributed by atoms with Gasteiger partial charge in [-0.15, -0.1) is 0 Å². The molecule has 1 fully saturated rings. The van der Waals surface area contributed by atoms with Crippen molar-refractivity contribution in [3.63, 3.8) is 0 Å². The van der Waals surface area contributed by atoms with E-state index in [1.807, 2.05) is 54.6 Å². The van der Waals surface area contributed by atoms with Crippen LogP contribution in [0.25, 0.3) is 0 Å². The zero-order chi connectivity index (χ0) is 21.2. The van der Waals surface area contributed by atoms with Gasteiger partial charge in [0.2, 0.25) is 5.91 Å². The summed E-state index contributed by atoms with van der Waals surface area (Å²) >= 11 is 1.69. The lowest BCUT2D eigenvalue weighted by atomic mass is 9.97. The highest BCUT2D eigenvalue weighted by Gasteiger charge is 2.28. The molecule has 0 aliphatic carbocycles. The number of nitrogens with one attached hydrogen (secondary N) is 2. The molecule has 1 saturated heterocycles. The number of thioether (sulfide) groups is 1. The van der Waals surface area contributed by atoms with Gasteiger partial charge >= 0.3 is 6.03 Å². The van der Waals surface area contributed by atoms with Crippen molar-refractivity contribution < 1.29 is 9.59 Å². The second kappa shape index (κ2) is 11.3. The number of benzene rings is 2. The molecule has 0 aromatic heterocycles. The molecule has 0 saturated carbocycles. The van der Waals surface area contributed by atoms with Crippen LogP contribution in [0.5, 0.6) is 0 Å². The first-order valence-corrected chi connectivity index (χ1v) is 11.3. The van der Waals surface area contributed by atoms with Crippen LogP contribution in [0.15, 0.2) is 54.6 Å². The van der Waals surface area contributed by atoms with E-state index in [1.165, 1.54) is 0 Å². The summed E-state index contributed by atoms with van der Waals surface area (Å²) in [5, 5.41) is 15.0. The minimum Gasteiger partial charge on any atom is -0.355 e. The minimum absolute atomic E-state index is 0.00485. The van der Waals surface area contributed by atoms with Crippen LogP contribution in [-0.4, -0.2) is 42.2 Å². The van der Waals surface area contributed by atoms with Gasteiger partial charge in [0.15, 0.2) is 0 Å². The maximum atomic E-state index is 12.5. The number of likely N-dealkylation sites (tertiary alicyclic amines) is 1. The van der Waals surface area contributed by atoms with E-state index in [0.29, 0.717) is 25.2 Å². The number of amides is 3. The molecular formula is C23H26N4O2S. The number of carbonyl (C=O) groups excluding carboxylic acids is 2. The number of hydrogen-bond donors (Lipinski definition) is 2. The van der Waals surface area contributed by atoms with Gasteiger partial charge in [0.1, 0.15) is 0 Å². The second-order valence-electron chi connectivity index (χ2n) is 7.19. The summed E-state index contributed by atoms with van der Waals surface area (Å²) in [6, 6.07) is 19.0. The summed E-state index contributed by atoms with van der Waals surface area (Å²) in [5.74, 6) is 1.35. The maximum absolute atomic E-state index is 12.5. The lowest BCUT2D eigenvalue weighted by molar-refractivity contribution is -0.126. The molecule has 7 heteroatoms. The average molecular weight is 423 g/mol. The molecule has 2 aromatic rings. The van der Waals surface area contributed by atoms with Crippen molar-refractivity contribution in [3.8, 4) is 6.07 Å². The number of carbonyl (C=O) groups is 2. The number of urea groups is 1. The normalized spacial score (nSPS) is 15.8. The van der Waals surface area contributed by atoms with Crippen LogP contribution in [0, 0.1) is 17.2 Å². The first-order chi connectivity index (χ1) is 14.7. The van der Waals surface area contributed by atoms with Crippen molar-refractivity contribution in [1.29, 1.82) is 5.26 Å². The number of nitrogens with zero attached hydrogens (tertiary/aromatic N) is 2. The molecule has 1 aliphatic rings. The Morgan fingerprint density at radius 1 is 1.13 bits per heavy atom. The lowest BCUT2D eigenvalue weighted by Gasteiger charge is -2.32. The SMILES string of the molecule is N#Cc1ccccc1CSCCNC(=O)[C@H]1CCCN(C(=O)Nc2ccccc2)C1. The van der Waals surface area contributed by atoms with Crippen molar-refractivity contribution >= 4 is 29.4 Å². The largest absolute Gasteiger partial charge is 0.355 e. The molecule has 0 spiro atoms. The Balaban J connectivity index is 1.38. The van der Waals surface area contributed by atoms with Crippen molar-refractivity contribution in [1.82, 2.24) is 10.2 Å². The van der Waals surface area contributed by atoms with Gasteiger partial charge in [0, 0.05) is 36.8 Å². The highest BCUT2D eigenvalue weighted by atomic mass is 32.2. The van der Waals surface area contributed by atoms with Crippen LogP contribution in [-0.2, 0) is 10.5 Å². The Labute approximate surface area is 181 Å². The molecule has 3 amide bonds. The van der Waals surface area contributed by atoms with Crippen molar-refractivity contribution in [2.75, 3.05) is 30.7 Å². The fraction of sp³-hybridized carbons (Fsp3) is 0.348. The smallest absolute Gasteiger partial charge is 0.321 e. The third-order valence-electron chi connectivity index (χ3n) is 5.05. The molecule has 0 unspecified atom stereocenters. The highest BCUT2D eigenvalue weighted by molar-refractivity contribution is 7.98. The Bertz CT molecular complexity index is 898. The molecule has 2 aromatic carbocycles. The van der Waals surface area contributed by atoms with Crippen molar-refractivity contribution in [2.45, 2.75) is 18.6 Å². The molecular weight excluding hydrogens is 396 g/mol. The molecule has 156 valence electrons. The van der Waals surface area contributed by atoms with Crippen molar-refractivity contribution in [2.24, 2.45) is 5.92 Å². The predicted octanol–water partition coefficient (Wildman–Crippen LogP) is 3.85. The molecule has 0 radical (unpaired) electrons. The zero-order valence-electron chi connectivity index (χ0n) is 16.8. The number of para-hydroxylation sites is 1. The molecule has 1 atom stereocenters. The Kier molecular flexibility index (Phi) is 8.16. The van der Waals surface area contributed by atoms with E-state index in [1.54, 1.807) is 16.7 Å². The molecule has 30 heavy (non-hydrogen) atoms. The zero-order valence-corrected chi connectivity index (χ0v) is 17.7. The van der Waals surface area contributed by atoms with E-state index in [4.69, 9.17) is 5.26 Å². The molecule has 1 heterocycles. The topological polar surface area (TPSA) is 85.2 Å². The van der Waals surface area contributed by atoms with Gasteiger partial charge in [-0.05, 0) is 36.6 Å². The third-order valence-corrected chi connectivity index (χ3v) is 6.05. The fourth-order valence-electron chi connectivity index (χ4n) is 3.43. The molecule has 2 N–H and O–H groups in total. The monoisotopic (exact) mass is 422 g/mol. The lowest BCUT2D eigenvalue weighted by Crippen LogP contribution is -2.47. The van der Waals surface area contributed by atoms with Gasteiger partial charge in [-0.25, -0.2) is 4.79 Å². The summed E-state index contributed by atoms with van der Waals surface area (Å²) < 4.78 is 0. The second-order valence-corrected chi connectivity index (χ2v) is 8.30. The number of rotatable bonds is 7. The summed E-state index contributed by atoms with van der Waals surface area (Å²) in [4.78, 5) is 26.7. The first-order valence-electron chi connectivity index (χ1n) is 10.1. The van der Waals surface area contributed by atoms with Crippen LogP contribution in [0.1, 0.15) is 24.0 Å². The van der Waals surface area contributed by atoms with Crippen molar-refractivity contribution in [3.05, 3.63) is 65.7 Å². The van der Waals surface area contributed by atoms with Crippen LogP contribution in [0.4, 0.5) is 10.5 Å². The van der Waals surface area contributed by atoms with Crippen LogP contribution in [0.3, 0.4) is 0 Å². The van der Waals surface area contributed by atoms with Gasteiger partial charge in [0.25, 0.3) is 0 Å². The summed E-state index contributed by atoms with van der Waals surface area (Å²) in [5.41, 5.74) is 2.47. The van der Waals surface area contributed by atoms with Crippen LogP contribution >= 0.6 is 11.8 Å². The third kappa shape index (κ3) is 6.26. The number of piperidine rings is 1. The van der Waals surface area contributed by atoms with Gasteiger partial charge in [0.05, 0.1) is 17.6 Å². The van der Waals surface area contributed by atoms with Gasteiger partial charge in [-0.3, -0.25) is 4.79 Å². The number of anilines is 1. The molecule has 1 aliphatic heterocycles. The fourth-order valence-corrected chi connectivity index (χ4v) is 4.29. The standard InChI is InChI=1S/C23H26N4O2S/c24-15-18-7-4-5-8-20(18)17-30-14-12-25-22(28)19-9-6-13-27(16-19)23(29)26-21-10-2-1-3-11-21/h1-5,7-8,10-11,19H,6,9,12-14,16-17H2,(H,25,28)(H,26,29)/t19-/m0/s1. The van der Waals surface area contributed by atoms with E-state index in [0.717, 1.165) is 35.6 Å². The van der Waals surface area contributed by atoms with E-state index >= 15 is 0 Å². The van der Waals surface area contributed by atoms with E-state index in [2.05, 4.69) is 16.7 Å². The Hall–Kier alpha value is -2.98. The van der Waals surface area contributed by atoms with E-state index in [-0.39, 0.29) is 17.9 Å². The first kappa shape index (κ1) is 21.7.